The van der Waals surface area contributed by atoms with E-state index in [0.717, 1.165) is 31.2 Å². The lowest BCUT2D eigenvalue weighted by Crippen LogP contribution is -2.53. The van der Waals surface area contributed by atoms with E-state index in [2.05, 4.69) is 35.6 Å². The predicted octanol–water partition coefficient (Wildman–Crippen LogP) is 5.12. The third-order valence-corrected chi connectivity index (χ3v) is 5.84. The largest absolute Gasteiger partial charge is 0.444 e. The molecule has 32 heavy (non-hydrogen) atoms. The molecule has 1 aliphatic heterocycles. The van der Waals surface area contributed by atoms with Crippen LogP contribution in [0.2, 0.25) is 0 Å². The van der Waals surface area contributed by atoms with Crippen molar-refractivity contribution in [2.75, 3.05) is 0 Å². The Morgan fingerprint density at radius 2 is 1.94 bits per heavy atom. The Morgan fingerprint density at radius 1 is 1.22 bits per heavy atom. The Hall–Kier alpha value is -3.02. The number of aromatic amines is 1. The van der Waals surface area contributed by atoms with Crippen LogP contribution in [0.25, 0.3) is 10.9 Å². The summed E-state index contributed by atoms with van der Waals surface area (Å²) in [6, 6.07) is 7.62. The molecular weight excluding hydrogens is 402 g/mol. The van der Waals surface area contributed by atoms with E-state index in [-0.39, 0.29) is 18.0 Å². The van der Waals surface area contributed by atoms with Crippen molar-refractivity contribution in [2.45, 2.75) is 76.6 Å². The zero-order valence-corrected chi connectivity index (χ0v) is 19.4. The van der Waals surface area contributed by atoms with E-state index in [1.807, 2.05) is 29.3 Å². The van der Waals surface area contributed by atoms with Gasteiger partial charge in [0.2, 0.25) is 5.91 Å². The number of H-pyrrole nitrogens is 1. The van der Waals surface area contributed by atoms with Crippen LogP contribution in [0.3, 0.4) is 0 Å². The monoisotopic (exact) mass is 437 g/mol. The summed E-state index contributed by atoms with van der Waals surface area (Å²) in [4.78, 5) is 31.4. The van der Waals surface area contributed by atoms with Crippen LogP contribution in [0.4, 0.5) is 4.79 Å². The van der Waals surface area contributed by atoms with Gasteiger partial charge in [0.05, 0.1) is 0 Å². The highest BCUT2D eigenvalue weighted by Gasteiger charge is 2.39. The van der Waals surface area contributed by atoms with Gasteiger partial charge in [0.15, 0.2) is 0 Å². The van der Waals surface area contributed by atoms with E-state index in [1.165, 1.54) is 10.9 Å². The molecule has 1 aromatic heterocycles. The van der Waals surface area contributed by atoms with Gasteiger partial charge < -0.3 is 19.9 Å². The Morgan fingerprint density at radius 3 is 2.62 bits per heavy atom. The maximum absolute atomic E-state index is 13.7. The average molecular weight is 438 g/mol. The van der Waals surface area contributed by atoms with Crippen LogP contribution in [0.15, 0.2) is 55.8 Å². The number of likely N-dealkylation sites (tertiary alicyclic amines) is 1. The molecule has 2 aromatic rings. The highest BCUT2D eigenvalue weighted by molar-refractivity contribution is 5.87. The molecule has 1 fully saturated rings. The van der Waals surface area contributed by atoms with Crippen molar-refractivity contribution in [1.82, 2.24) is 15.2 Å². The maximum Gasteiger partial charge on any atom is 0.408 e. The molecule has 2 heterocycles. The quantitative estimate of drug-likeness (QED) is 0.563. The summed E-state index contributed by atoms with van der Waals surface area (Å²) in [5.41, 5.74) is 1.66. The number of fused-ring (bicyclic) bond motifs is 1. The minimum Gasteiger partial charge on any atom is -0.444 e. The Labute approximate surface area is 190 Å². The fraction of sp³-hybridized carbons (Fsp3) is 0.462. The molecule has 0 spiro atoms. The van der Waals surface area contributed by atoms with Crippen LogP contribution in [0.1, 0.15) is 52.0 Å². The summed E-state index contributed by atoms with van der Waals surface area (Å²) in [6.45, 7) is 13.1. The van der Waals surface area contributed by atoms with Gasteiger partial charge in [-0.25, -0.2) is 4.79 Å². The molecule has 0 radical (unpaired) electrons. The van der Waals surface area contributed by atoms with E-state index in [4.69, 9.17) is 4.74 Å². The van der Waals surface area contributed by atoms with Gasteiger partial charge in [-0.05, 0) is 64.5 Å². The summed E-state index contributed by atoms with van der Waals surface area (Å²) >= 11 is 0. The molecule has 6 nitrogen and oxygen atoms in total. The van der Waals surface area contributed by atoms with Crippen molar-refractivity contribution < 1.29 is 14.3 Å². The van der Waals surface area contributed by atoms with Gasteiger partial charge in [-0.3, -0.25) is 4.79 Å². The normalized spacial score (nSPS) is 19.5. The standard InChI is InChI=1S/C26H35N3O3/c1-6-10-19-14-15-20(16-18-17-27-22-13-9-8-12-21(18)22)29(19)24(30)23(11-7-2)28-25(31)32-26(3,4)5/h6-9,12-13,17,19-20,23,27H,1-2,10-11,14-16H2,3-5H3,(H,28,31)/t19-,20-,23?/m0/s1. The van der Waals surface area contributed by atoms with Crippen LogP contribution >= 0.6 is 0 Å². The molecule has 1 unspecified atom stereocenters. The predicted molar refractivity (Wildman–Crippen MR) is 128 cm³/mol. The number of carbonyl (C=O) groups is 2. The number of carbonyl (C=O) groups excluding carboxylic acids is 2. The van der Waals surface area contributed by atoms with E-state index < -0.39 is 17.7 Å². The van der Waals surface area contributed by atoms with Crippen LogP contribution in [0, 0.1) is 0 Å². The number of benzene rings is 1. The van der Waals surface area contributed by atoms with Crippen molar-refractivity contribution in [1.29, 1.82) is 0 Å². The molecule has 3 atom stereocenters. The smallest absolute Gasteiger partial charge is 0.408 e. The van der Waals surface area contributed by atoms with Crippen LogP contribution in [-0.2, 0) is 16.0 Å². The molecule has 0 bridgehead atoms. The topological polar surface area (TPSA) is 74.4 Å². The molecule has 2 N–H and O–H groups in total. The highest BCUT2D eigenvalue weighted by Crippen LogP contribution is 2.32. The van der Waals surface area contributed by atoms with E-state index in [0.29, 0.717) is 6.42 Å². The number of para-hydroxylation sites is 1. The second kappa shape index (κ2) is 10.1. The molecule has 0 aliphatic carbocycles. The lowest BCUT2D eigenvalue weighted by atomic mass is 10.0. The van der Waals surface area contributed by atoms with Gasteiger partial charge in [-0.1, -0.05) is 30.4 Å². The molecular formula is C26H35N3O3. The molecule has 2 amide bonds. The number of alkyl carbamates (subject to hydrolysis) is 1. The van der Waals surface area contributed by atoms with E-state index in [9.17, 15) is 9.59 Å². The van der Waals surface area contributed by atoms with Crippen LogP contribution in [-0.4, -0.2) is 45.6 Å². The van der Waals surface area contributed by atoms with E-state index >= 15 is 0 Å². The van der Waals surface area contributed by atoms with Crippen molar-refractivity contribution >= 4 is 22.9 Å². The lowest BCUT2D eigenvalue weighted by Gasteiger charge is -2.33. The zero-order valence-electron chi connectivity index (χ0n) is 19.4. The molecule has 0 saturated carbocycles. The SMILES string of the molecule is C=CCC(NC(=O)OC(C)(C)C)C(=O)N1[C@@H](CC=C)CC[C@H]1Cc1c[nH]c2ccccc12. The number of ether oxygens (including phenoxy) is 1. The summed E-state index contributed by atoms with van der Waals surface area (Å²) in [6.07, 6.45) is 8.62. The van der Waals surface area contributed by atoms with Crippen LogP contribution < -0.4 is 5.32 Å². The van der Waals surface area contributed by atoms with Gasteiger partial charge in [-0.15, -0.1) is 13.2 Å². The first-order valence-corrected chi connectivity index (χ1v) is 11.3. The zero-order chi connectivity index (χ0) is 23.3. The lowest BCUT2D eigenvalue weighted by molar-refractivity contribution is -0.136. The summed E-state index contributed by atoms with van der Waals surface area (Å²) in [7, 11) is 0. The van der Waals surface area contributed by atoms with Gasteiger partial charge in [0.25, 0.3) is 0 Å². The number of nitrogens with one attached hydrogen (secondary N) is 2. The second-order valence-electron chi connectivity index (χ2n) is 9.44. The number of amides is 2. The Kier molecular flexibility index (Phi) is 7.44. The first-order chi connectivity index (χ1) is 15.2. The number of rotatable bonds is 8. The average Bonchev–Trinajstić information content (AvgIpc) is 3.31. The van der Waals surface area contributed by atoms with Crippen LogP contribution in [0.5, 0.6) is 0 Å². The third-order valence-electron chi connectivity index (χ3n) is 5.84. The van der Waals surface area contributed by atoms with Crippen molar-refractivity contribution in [3.05, 3.63) is 61.3 Å². The molecule has 1 aliphatic rings. The molecule has 3 rings (SSSR count). The van der Waals surface area contributed by atoms with E-state index in [1.54, 1.807) is 26.8 Å². The molecule has 1 saturated heterocycles. The Bertz CT molecular complexity index is 972. The number of hydrogen-bond donors (Lipinski definition) is 2. The van der Waals surface area contributed by atoms with Gasteiger partial charge in [0, 0.05) is 29.2 Å². The summed E-state index contributed by atoms with van der Waals surface area (Å²) in [5.74, 6) is -0.0926. The van der Waals surface area contributed by atoms with Crippen molar-refractivity contribution in [2.24, 2.45) is 0 Å². The summed E-state index contributed by atoms with van der Waals surface area (Å²) in [5, 5.41) is 3.95. The van der Waals surface area contributed by atoms with Crippen molar-refractivity contribution in [3.8, 4) is 0 Å². The number of hydrogen-bond acceptors (Lipinski definition) is 3. The third kappa shape index (κ3) is 5.61. The van der Waals surface area contributed by atoms with Gasteiger partial charge in [0.1, 0.15) is 11.6 Å². The summed E-state index contributed by atoms with van der Waals surface area (Å²) < 4.78 is 5.39. The second-order valence-corrected chi connectivity index (χ2v) is 9.44. The van der Waals surface area contributed by atoms with Gasteiger partial charge in [-0.2, -0.15) is 0 Å². The fourth-order valence-corrected chi connectivity index (χ4v) is 4.52. The number of aromatic nitrogens is 1. The maximum atomic E-state index is 13.7. The number of nitrogens with zero attached hydrogens (tertiary/aromatic N) is 1. The fourth-order valence-electron chi connectivity index (χ4n) is 4.52. The molecule has 6 heteroatoms. The first kappa shape index (κ1) is 23.6. The van der Waals surface area contributed by atoms with Gasteiger partial charge >= 0.3 is 6.09 Å². The first-order valence-electron chi connectivity index (χ1n) is 11.3. The molecule has 172 valence electrons. The Balaban J connectivity index is 1.82. The minimum atomic E-state index is -0.710. The highest BCUT2D eigenvalue weighted by atomic mass is 16.6. The molecule has 1 aromatic carbocycles. The van der Waals surface area contributed by atoms with Crippen molar-refractivity contribution in [3.63, 3.8) is 0 Å². The minimum absolute atomic E-state index is 0.0550.